The van der Waals surface area contributed by atoms with E-state index >= 15 is 0 Å². The van der Waals surface area contributed by atoms with E-state index in [1.165, 1.54) is 0 Å². The second-order valence-electron chi connectivity index (χ2n) is 4.40. The predicted octanol–water partition coefficient (Wildman–Crippen LogP) is 1.44. The number of alkyl halides is 3. The average Bonchev–Trinajstić information content (AvgIpc) is 2.62. The van der Waals surface area contributed by atoms with E-state index in [2.05, 4.69) is 5.32 Å². The van der Waals surface area contributed by atoms with Gasteiger partial charge < -0.3 is 15.3 Å². The van der Waals surface area contributed by atoms with Crippen molar-refractivity contribution in [1.82, 2.24) is 10.2 Å². The third-order valence-corrected chi connectivity index (χ3v) is 2.91. The Morgan fingerprint density at radius 3 is 2.50 bits per heavy atom. The Balaban J connectivity index is 2.51. The Hall–Kier alpha value is -1.47. The van der Waals surface area contributed by atoms with Crippen molar-refractivity contribution in [3.05, 3.63) is 0 Å². The number of hydrogen-bond acceptors (Lipinski definition) is 2. The Bertz CT molecular complexity index is 333. The van der Waals surface area contributed by atoms with E-state index in [1.807, 2.05) is 0 Å². The van der Waals surface area contributed by atoms with Crippen LogP contribution in [-0.4, -0.2) is 47.8 Å². The van der Waals surface area contributed by atoms with Crippen LogP contribution in [0.25, 0.3) is 0 Å². The second-order valence-corrected chi connectivity index (χ2v) is 4.40. The first-order valence-corrected chi connectivity index (χ1v) is 5.52. The summed E-state index contributed by atoms with van der Waals surface area (Å²) in [6, 6.07) is -1.49. The van der Waals surface area contributed by atoms with Crippen LogP contribution in [0.15, 0.2) is 0 Å². The van der Waals surface area contributed by atoms with Gasteiger partial charge in [0.2, 0.25) is 0 Å². The fourth-order valence-corrected chi connectivity index (χ4v) is 2.04. The second kappa shape index (κ2) is 5.45. The molecule has 1 rings (SSSR count). The number of nitrogens with zero attached hydrogens (tertiary/aromatic N) is 1. The van der Waals surface area contributed by atoms with Crippen LogP contribution in [0.3, 0.4) is 0 Å². The molecule has 5 nitrogen and oxygen atoms in total. The van der Waals surface area contributed by atoms with Gasteiger partial charge in [-0.1, -0.05) is 6.42 Å². The molecule has 8 heteroatoms. The van der Waals surface area contributed by atoms with Crippen LogP contribution in [0.4, 0.5) is 18.0 Å². The maximum absolute atomic E-state index is 12.1. The average molecular weight is 268 g/mol. The summed E-state index contributed by atoms with van der Waals surface area (Å²) in [6.45, 7) is -1.36. The third-order valence-electron chi connectivity index (χ3n) is 2.91. The van der Waals surface area contributed by atoms with Gasteiger partial charge in [0, 0.05) is 13.1 Å². The zero-order valence-corrected chi connectivity index (χ0v) is 9.83. The van der Waals surface area contributed by atoms with Gasteiger partial charge in [-0.2, -0.15) is 13.2 Å². The molecule has 0 spiro atoms. The van der Waals surface area contributed by atoms with E-state index in [0.717, 1.165) is 7.05 Å². The van der Waals surface area contributed by atoms with E-state index < -0.39 is 36.7 Å². The number of carbonyl (C=O) groups is 2. The van der Waals surface area contributed by atoms with Crippen molar-refractivity contribution in [2.24, 2.45) is 5.92 Å². The molecule has 2 atom stereocenters. The number of rotatable bonds is 3. The van der Waals surface area contributed by atoms with Gasteiger partial charge in [-0.25, -0.2) is 4.79 Å². The van der Waals surface area contributed by atoms with Gasteiger partial charge in [0.05, 0.1) is 5.92 Å². The zero-order valence-electron chi connectivity index (χ0n) is 9.83. The topological polar surface area (TPSA) is 69.6 Å². The first kappa shape index (κ1) is 14.6. The highest BCUT2D eigenvalue weighted by molar-refractivity contribution is 5.77. The lowest BCUT2D eigenvalue weighted by Gasteiger charge is -2.23. The first-order valence-electron chi connectivity index (χ1n) is 5.52. The summed E-state index contributed by atoms with van der Waals surface area (Å²) in [5.74, 6) is -1.75. The van der Waals surface area contributed by atoms with Crippen molar-refractivity contribution < 1.29 is 27.9 Å². The molecule has 18 heavy (non-hydrogen) atoms. The number of carbonyl (C=O) groups excluding carboxylic acids is 1. The largest absolute Gasteiger partial charge is 0.481 e. The maximum Gasteiger partial charge on any atom is 0.406 e. The van der Waals surface area contributed by atoms with Gasteiger partial charge >= 0.3 is 18.2 Å². The molecule has 0 aromatic heterocycles. The number of urea groups is 1. The highest BCUT2D eigenvalue weighted by atomic mass is 19.4. The van der Waals surface area contributed by atoms with Gasteiger partial charge in [0.1, 0.15) is 6.54 Å². The van der Waals surface area contributed by atoms with Crippen molar-refractivity contribution in [2.45, 2.75) is 31.5 Å². The molecular formula is C10H15F3N2O3. The van der Waals surface area contributed by atoms with Crippen LogP contribution in [0, 0.1) is 5.92 Å². The fourth-order valence-electron chi connectivity index (χ4n) is 2.04. The molecule has 0 aliphatic heterocycles. The summed E-state index contributed by atoms with van der Waals surface area (Å²) in [5.41, 5.74) is 0. The van der Waals surface area contributed by atoms with E-state index in [4.69, 9.17) is 5.11 Å². The molecule has 0 aromatic rings. The number of halogens is 3. The van der Waals surface area contributed by atoms with Crippen molar-refractivity contribution in [3.8, 4) is 0 Å². The van der Waals surface area contributed by atoms with Gasteiger partial charge in [0.25, 0.3) is 0 Å². The minimum absolute atomic E-state index is 0.434. The predicted molar refractivity (Wildman–Crippen MR) is 56.0 cm³/mol. The number of hydrogen-bond donors (Lipinski definition) is 2. The minimum atomic E-state index is -4.46. The Morgan fingerprint density at radius 2 is 2.00 bits per heavy atom. The molecule has 1 aliphatic rings. The van der Waals surface area contributed by atoms with Crippen LogP contribution < -0.4 is 5.32 Å². The van der Waals surface area contributed by atoms with Crippen LogP contribution >= 0.6 is 0 Å². The summed E-state index contributed by atoms with van der Waals surface area (Å²) in [4.78, 5) is 22.8. The number of amides is 2. The minimum Gasteiger partial charge on any atom is -0.481 e. The standard InChI is InChI=1S/C10H15F3N2O3/c1-15(5-10(11,12)13)9(18)14-7-4-2-3-6(7)8(16)17/h6-7H,2-5H2,1H3,(H,14,18)(H,16,17). The SMILES string of the molecule is CN(CC(F)(F)F)C(=O)NC1CCCC1C(=O)O. The van der Waals surface area contributed by atoms with Crippen molar-refractivity contribution in [3.63, 3.8) is 0 Å². The molecule has 0 radical (unpaired) electrons. The molecule has 1 aliphatic carbocycles. The van der Waals surface area contributed by atoms with Crippen molar-refractivity contribution >= 4 is 12.0 Å². The van der Waals surface area contributed by atoms with Crippen LogP contribution in [-0.2, 0) is 4.79 Å². The zero-order chi connectivity index (χ0) is 13.9. The lowest BCUT2D eigenvalue weighted by molar-refractivity contribution is -0.142. The van der Waals surface area contributed by atoms with Crippen LogP contribution in [0.2, 0.25) is 0 Å². The number of carboxylic acid groups (broad SMARTS) is 1. The molecule has 1 saturated carbocycles. The fraction of sp³-hybridized carbons (Fsp3) is 0.800. The summed E-state index contributed by atoms with van der Waals surface area (Å²) in [6.07, 6.45) is -2.91. The van der Waals surface area contributed by atoms with Gasteiger partial charge in [-0.05, 0) is 12.8 Å². The number of nitrogens with one attached hydrogen (secondary N) is 1. The monoisotopic (exact) mass is 268 g/mol. The molecule has 1 fully saturated rings. The highest BCUT2D eigenvalue weighted by Crippen LogP contribution is 2.26. The van der Waals surface area contributed by atoms with Gasteiger partial charge in [0.15, 0.2) is 0 Å². The number of aliphatic carboxylic acids is 1. The smallest absolute Gasteiger partial charge is 0.406 e. The normalized spacial score (nSPS) is 23.8. The molecule has 2 unspecified atom stereocenters. The summed E-state index contributed by atoms with van der Waals surface area (Å²) in [7, 11) is 1.02. The Kier molecular flexibility index (Phi) is 4.42. The highest BCUT2D eigenvalue weighted by Gasteiger charge is 2.36. The first-order chi connectivity index (χ1) is 8.20. The molecule has 0 aromatic carbocycles. The Morgan fingerprint density at radius 1 is 1.39 bits per heavy atom. The molecular weight excluding hydrogens is 253 g/mol. The van der Waals surface area contributed by atoms with E-state index in [-0.39, 0.29) is 0 Å². The molecule has 2 amide bonds. The molecule has 104 valence electrons. The quantitative estimate of drug-likeness (QED) is 0.813. The van der Waals surface area contributed by atoms with Gasteiger partial charge in [-0.3, -0.25) is 4.79 Å². The van der Waals surface area contributed by atoms with Crippen LogP contribution in [0.5, 0.6) is 0 Å². The number of carboxylic acids is 1. The molecule has 2 N–H and O–H groups in total. The maximum atomic E-state index is 12.1. The van der Waals surface area contributed by atoms with E-state index in [0.29, 0.717) is 24.2 Å². The lowest BCUT2D eigenvalue weighted by Crippen LogP contribution is -2.48. The molecule has 0 heterocycles. The van der Waals surface area contributed by atoms with Crippen molar-refractivity contribution in [2.75, 3.05) is 13.6 Å². The third kappa shape index (κ3) is 4.08. The van der Waals surface area contributed by atoms with Crippen LogP contribution in [0.1, 0.15) is 19.3 Å². The summed E-state index contributed by atoms with van der Waals surface area (Å²) in [5, 5.41) is 11.2. The lowest BCUT2D eigenvalue weighted by atomic mass is 10.0. The van der Waals surface area contributed by atoms with E-state index in [1.54, 1.807) is 0 Å². The van der Waals surface area contributed by atoms with Gasteiger partial charge in [-0.15, -0.1) is 0 Å². The van der Waals surface area contributed by atoms with Crippen molar-refractivity contribution in [1.29, 1.82) is 0 Å². The summed E-state index contributed by atoms with van der Waals surface area (Å²) < 4.78 is 36.2. The Labute approximate surface area is 102 Å². The molecule has 0 saturated heterocycles. The summed E-state index contributed by atoms with van der Waals surface area (Å²) >= 11 is 0. The van der Waals surface area contributed by atoms with E-state index in [9.17, 15) is 22.8 Å². The molecule has 0 bridgehead atoms.